The van der Waals surface area contributed by atoms with E-state index >= 15 is 0 Å². The standard InChI is InChI=1S/C11H21NO4/c1-11(2,3)16-5-4-15-10(14)9-6-8(13)7-12-9/h8-9,12-13H,4-7H2,1-3H3/t8?,9-/m0/s1. The van der Waals surface area contributed by atoms with Crippen LogP contribution in [0.2, 0.25) is 0 Å². The SMILES string of the molecule is CC(C)(C)OCCOC(=O)[C@@H]1CC(O)CN1. The normalized spacial score (nSPS) is 25.8. The fourth-order valence-electron chi connectivity index (χ4n) is 1.49. The smallest absolute Gasteiger partial charge is 0.323 e. The molecular weight excluding hydrogens is 210 g/mol. The average molecular weight is 231 g/mol. The van der Waals surface area contributed by atoms with Gasteiger partial charge in [-0.3, -0.25) is 4.79 Å². The van der Waals surface area contributed by atoms with Crippen molar-refractivity contribution in [3.05, 3.63) is 0 Å². The minimum atomic E-state index is -0.441. The fourth-order valence-corrected chi connectivity index (χ4v) is 1.49. The summed E-state index contributed by atoms with van der Waals surface area (Å²) in [6.07, 6.45) is -0.0118. The predicted octanol–water partition coefficient (Wildman–Crippen LogP) is 0.0675. The first-order valence-corrected chi connectivity index (χ1v) is 5.60. The van der Waals surface area contributed by atoms with Crippen LogP contribution in [0.5, 0.6) is 0 Å². The molecule has 1 saturated heterocycles. The molecule has 94 valence electrons. The second kappa shape index (κ2) is 5.61. The van der Waals surface area contributed by atoms with Crippen LogP contribution in [-0.4, -0.2) is 48.6 Å². The number of carbonyl (C=O) groups excluding carboxylic acids is 1. The molecule has 5 nitrogen and oxygen atoms in total. The summed E-state index contributed by atoms with van der Waals surface area (Å²) in [4.78, 5) is 11.5. The van der Waals surface area contributed by atoms with Gasteiger partial charge in [0.25, 0.3) is 0 Å². The molecule has 2 N–H and O–H groups in total. The number of hydrogen-bond acceptors (Lipinski definition) is 5. The Labute approximate surface area is 96.1 Å². The van der Waals surface area contributed by atoms with E-state index in [0.717, 1.165) is 0 Å². The Bertz CT molecular complexity index is 237. The first kappa shape index (κ1) is 13.4. The van der Waals surface area contributed by atoms with Crippen molar-refractivity contribution in [2.45, 2.75) is 44.9 Å². The van der Waals surface area contributed by atoms with Crippen molar-refractivity contribution in [1.29, 1.82) is 0 Å². The molecule has 1 aliphatic heterocycles. The summed E-state index contributed by atoms with van der Waals surface area (Å²) >= 11 is 0. The van der Waals surface area contributed by atoms with E-state index < -0.39 is 6.10 Å². The molecule has 1 fully saturated rings. The Morgan fingerprint density at radius 1 is 1.44 bits per heavy atom. The summed E-state index contributed by atoms with van der Waals surface area (Å²) in [5, 5.41) is 12.1. The third-order valence-corrected chi connectivity index (χ3v) is 2.25. The highest BCUT2D eigenvalue weighted by Gasteiger charge is 2.29. The molecule has 0 aromatic rings. The van der Waals surface area contributed by atoms with Crippen LogP contribution < -0.4 is 5.32 Å². The summed E-state index contributed by atoms with van der Waals surface area (Å²) < 4.78 is 10.4. The van der Waals surface area contributed by atoms with Crippen LogP contribution in [0.1, 0.15) is 27.2 Å². The fraction of sp³-hybridized carbons (Fsp3) is 0.909. The van der Waals surface area contributed by atoms with Gasteiger partial charge in [-0.25, -0.2) is 0 Å². The van der Waals surface area contributed by atoms with Crippen LogP contribution in [0.3, 0.4) is 0 Å². The highest BCUT2D eigenvalue weighted by molar-refractivity contribution is 5.76. The predicted molar refractivity (Wildman–Crippen MR) is 59.1 cm³/mol. The van der Waals surface area contributed by atoms with Gasteiger partial charge in [-0.15, -0.1) is 0 Å². The van der Waals surface area contributed by atoms with Crippen molar-refractivity contribution < 1.29 is 19.4 Å². The van der Waals surface area contributed by atoms with Gasteiger partial charge in [0.2, 0.25) is 0 Å². The molecule has 0 aromatic carbocycles. The quantitative estimate of drug-likeness (QED) is 0.529. The molecule has 2 atom stereocenters. The maximum atomic E-state index is 11.5. The van der Waals surface area contributed by atoms with Crippen molar-refractivity contribution in [3.8, 4) is 0 Å². The molecule has 0 radical (unpaired) electrons. The van der Waals surface area contributed by atoms with Gasteiger partial charge >= 0.3 is 5.97 Å². The largest absolute Gasteiger partial charge is 0.462 e. The van der Waals surface area contributed by atoms with Gasteiger partial charge in [-0.1, -0.05) is 0 Å². The molecular formula is C11H21NO4. The van der Waals surface area contributed by atoms with Crippen LogP contribution in [0, 0.1) is 0 Å². The van der Waals surface area contributed by atoms with Crippen LogP contribution >= 0.6 is 0 Å². The number of carbonyl (C=O) groups is 1. The van der Waals surface area contributed by atoms with Crippen LogP contribution in [-0.2, 0) is 14.3 Å². The number of nitrogens with one attached hydrogen (secondary N) is 1. The van der Waals surface area contributed by atoms with Gasteiger partial charge in [-0.05, 0) is 20.8 Å². The van der Waals surface area contributed by atoms with Crippen molar-refractivity contribution in [2.24, 2.45) is 0 Å². The zero-order chi connectivity index (χ0) is 12.2. The van der Waals surface area contributed by atoms with Gasteiger partial charge in [0.05, 0.1) is 18.3 Å². The molecule has 0 spiro atoms. The minimum absolute atomic E-state index is 0.214. The van der Waals surface area contributed by atoms with Crippen molar-refractivity contribution in [3.63, 3.8) is 0 Å². The van der Waals surface area contributed by atoms with Crippen LogP contribution in [0.4, 0.5) is 0 Å². The third-order valence-electron chi connectivity index (χ3n) is 2.25. The molecule has 0 bridgehead atoms. The highest BCUT2D eigenvalue weighted by Crippen LogP contribution is 2.08. The topological polar surface area (TPSA) is 67.8 Å². The molecule has 1 unspecified atom stereocenters. The Morgan fingerprint density at radius 2 is 2.12 bits per heavy atom. The van der Waals surface area contributed by atoms with E-state index in [9.17, 15) is 9.90 Å². The van der Waals surface area contributed by atoms with E-state index in [-0.39, 0.29) is 24.2 Å². The van der Waals surface area contributed by atoms with Gasteiger partial charge in [0.1, 0.15) is 12.6 Å². The number of ether oxygens (including phenoxy) is 2. The Hall–Kier alpha value is -0.650. The lowest BCUT2D eigenvalue weighted by atomic mass is 10.2. The van der Waals surface area contributed by atoms with E-state index in [1.165, 1.54) is 0 Å². The number of esters is 1. The number of rotatable bonds is 4. The number of aliphatic hydroxyl groups is 1. The van der Waals surface area contributed by atoms with E-state index in [1.807, 2.05) is 20.8 Å². The Morgan fingerprint density at radius 3 is 2.62 bits per heavy atom. The maximum absolute atomic E-state index is 11.5. The van der Waals surface area contributed by atoms with Gasteiger partial charge in [0, 0.05) is 13.0 Å². The van der Waals surface area contributed by atoms with E-state index in [1.54, 1.807) is 0 Å². The molecule has 5 heteroatoms. The Kier molecular flexibility index (Phi) is 4.70. The zero-order valence-electron chi connectivity index (χ0n) is 10.2. The summed E-state index contributed by atoms with van der Waals surface area (Å²) in [6, 6.07) is -0.371. The second-order valence-electron chi connectivity index (χ2n) is 4.98. The zero-order valence-corrected chi connectivity index (χ0v) is 10.2. The number of β-amino-alcohol motifs (C(OH)–C–C–N with tert-alkyl or cyclic N) is 1. The summed E-state index contributed by atoms with van der Waals surface area (Å²) in [5.41, 5.74) is -0.214. The molecule has 1 rings (SSSR count). The van der Waals surface area contributed by atoms with E-state index in [0.29, 0.717) is 19.6 Å². The van der Waals surface area contributed by atoms with Crippen LogP contribution in [0.25, 0.3) is 0 Å². The lowest BCUT2D eigenvalue weighted by molar-refractivity contribution is -0.149. The summed E-state index contributed by atoms with van der Waals surface area (Å²) in [7, 11) is 0. The van der Waals surface area contributed by atoms with Crippen LogP contribution in [0.15, 0.2) is 0 Å². The molecule has 1 heterocycles. The lowest BCUT2D eigenvalue weighted by Gasteiger charge is -2.19. The van der Waals surface area contributed by atoms with Gasteiger partial charge in [0.15, 0.2) is 0 Å². The van der Waals surface area contributed by atoms with E-state index in [2.05, 4.69) is 5.32 Å². The molecule has 1 aliphatic rings. The van der Waals surface area contributed by atoms with Crippen molar-refractivity contribution in [1.82, 2.24) is 5.32 Å². The van der Waals surface area contributed by atoms with Gasteiger partial charge < -0.3 is 19.9 Å². The monoisotopic (exact) mass is 231 g/mol. The summed E-state index contributed by atoms with van der Waals surface area (Å²) in [5.74, 6) is -0.311. The second-order valence-corrected chi connectivity index (χ2v) is 4.98. The first-order valence-electron chi connectivity index (χ1n) is 5.60. The minimum Gasteiger partial charge on any atom is -0.462 e. The molecule has 0 amide bonds. The number of aliphatic hydroxyl groups excluding tert-OH is 1. The lowest BCUT2D eigenvalue weighted by Crippen LogP contribution is -2.33. The molecule has 0 aliphatic carbocycles. The van der Waals surface area contributed by atoms with Crippen molar-refractivity contribution in [2.75, 3.05) is 19.8 Å². The summed E-state index contributed by atoms with van der Waals surface area (Å²) in [6.45, 7) is 6.95. The Balaban J connectivity index is 2.11. The van der Waals surface area contributed by atoms with Crippen molar-refractivity contribution >= 4 is 5.97 Å². The molecule has 0 aromatic heterocycles. The molecule has 0 saturated carbocycles. The number of hydrogen-bond donors (Lipinski definition) is 2. The van der Waals surface area contributed by atoms with E-state index in [4.69, 9.17) is 9.47 Å². The maximum Gasteiger partial charge on any atom is 0.323 e. The average Bonchev–Trinajstić information content (AvgIpc) is 2.57. The first-order chi connectivity index (χ1) is 7.38. The highest BCUT2D eigenvalue weighted by atomic mass is 16.6. The molecule has 16 heavy (non-hydrogen) atoms. The third kappa shape index (κ3) is 4.92. The van der Waals surface area contributed by atoms with Gasteiger partial charge in [-0.2, -0.15) is 0 Å².